The Labute approximate surface area is 186 Å². The maximum absolute atomic E-state index is 13.3. The average Bonchev–Trinajstić information content (AvgIpc) is 3.23. The van der Waals surface area contributed by atoms with Crippen LogP contribution in [0.3, 0.4) is 0 Å². The molecule has 4 aromatic rings. The van der Waals surface area contributed by atoms with Crippen molar-refractivity contribution in [1.82, 2.24) is 13.6 Å². The third-order valence-corrected chi connectivity index (χ3v) is 5.60. The van der Waals surface area contributed by atoms with E-state index in [4.69, 9.17) is 4.74 Å². The van der Waals surface area contributed by atoms with Crippen LogP contribution in [0.1, 0.15) is 32.9 Å². The highest BCUT2D eigenvalue weighted by molar-refractivity contribution is 6.99. The van der Waals surface area contributed by atoms with E-state index in [-0.39, 0.29) is 5.91 Å². The van der Waals surface area contributed by atoms with Crippen LogP contribution in [0.25, 0.3) is 0 Å². The first-order chi connectivity index (χ1) is 15.2. The van der Waals surface area contributed by atoms with Gasteiger partial charge < -0.3 is 9.64 Å². The minimum absolute atomic E-state index is 0.0150. The molecule has 0 unspecified atom stereocenters. The van der Waals surface area contributed by atoms with Crippen molar-refractivity contribution in [3.8, 4) is 5.75 Å². The molecular formula is C25H23N3O2S. The first kappa shape index (κ1) is 20.8. The summed E-state index contributed by atoms with van der Waals surface area (Å²) in [4.78, 5) is 15.2. The third kappa shape index (κ3) is 5.55. The van der Waals surface area contributed by atoms with E-state index in [1.807, 2.05) is 96.8 Å². The van der Waals surface area contributed by atoms with Gasteiger partial charge in [-0.15, -0.1) is 0 Å². The SMILES string of the molecule is Cc1nsnc1COc1ccc(C(=O)N(Cc2ccccc2)Cc2ccccc2)cc1. The van der Waals surface area contributed by atoms with Crippen LogP contribution in [0.2, 0.25) is 0 Å². The number of nitrogens with zero attached hydrogens (tertiary/aromatic N) is 3. The number of amides is 1. The Balaban J connectivity index is 1.48. The Bertz CT molecular complexity index is 1070. The lowest BCUT2D eigenvalue weighted by molar-refractivity contribution is 0.0730. The minimum Gasteiger partial charge on any atom is -0.487 e. The summed E-state index contributed by atoms with van der Waals surface area (Å²) in [6, 6.07) is 27.4. The van der Waals surface area contributed by atoms with Crippen LogP contribution in [0.4, 0.5) is 0 Å². The van der Waals surface area contributed by atoms with E-state index in [1.165, 1.54) is 11.7 Å². The van der Waals surface area contributed by atoms with Crippen molar-refractivity contribution in [2.45, 2.75) is 26.6 Å². The number of aryl methyl sites for hydroxylation is 1. The molecule has 0 N–H and O–H groups in total. The van der Waals surface area contributed by atoms with Gasteiger partial charge in [-0.25, -0.2) is 0 Å². The predicted molar refractivity (Wildman–Crippen MR) is 122 cm³/mol. The van der Waals surface area contributed by atoms with Crippen LogP contribution in [0.5, 0.6) is 5.75 Å². The van der Waals surface area contributed by atoms with Gasteiger partial charge in [0.2, 0.25) is 0 Å². The lowest BCUT2D eigenvalue weighted by Gasteiger charge is -2.23. The molecule has 0 spiro atoms. The highest BCUT2D eigenvalue weighted by Crippen LogP contribution is 2.18. The lowest BCUT2D eigenvalue weighted by atomic mass is 10.1. The van der Waals surface area contributed by atoms with Crippen molar-refractivity contribution in [3.05, 3.63) is 113 Å². The molecule has 1 aromatic heterocycles. The van der Waals surface area contributed by atoms with E-state index in [0.29, 0.717) is 31.0 Å². The molecule has 0 atom stereocenters. The standard InChI is InChI=1S/C25H23N3O2S/c1-19-24(27-31-26-19)18-30-23-14-12-22(13-15-23)25(29)28(16-20-8-4-2-5-9-20)17-21-10-6-3-7-11-21/h2-15H,16-18H2,1H3. The zero-order valence-electron chi connectivity index (χ0n) is 17.3. The Morgan fingerprint density at radius 2 is 1.42 bits per heavy atom. The van der Waals surface area contributed by atoms with Gasteiger partial charge in [0.1, 0.15) is 18.1 Å². The summed E-state index contributed by atoms with van der Waals surface area (Å²) >= 11 is 1.18. The molecule has 3 aromatic carbocycles. The number of hydrogen-bond donors (Lipinski definition) is 0. The van der Waals surface area contributed by atoms with Gasteiger partial charge in [0.15, 0.2) is 0 Å². The Morgan fingerprint density at radius 1 is 0.839 bits per heavy atom. The quantitative estimate of drug-likeness (QED) is 0.383. The minimum atomic E-state index is -0.0150. The number of rotatable bonds is 8. The Kier molecular flexibility index (Phi) is 6.69. The molecule has 0 radical (unpaired) electrons. The van der Waals surface area contributed by atoms with Gasteiger partial charge in [-0.05, 0) is 42.3 Å². The largest absolute Gasteiger partial charge is 0.487 e. The van der Waals surface area contributed by atoms with Crippen molar-refractivity contribution >= 4 is 17.6 Å². The van der Waals surface area contributed by atoms with Gasteiger partial charge in [0.05, 0.1) is 17.4 Å². The van der Waals surface area contributed by atoms with E-state index in [1.54, 1.807) is 0 Å². The molecule has 1 amide bonds. The van der Waals surface area contributed by atoms with Crippen molar-refractivity contribution in [2.75, 3.05) is 0 Å². The van der Waals surface area contributed by atoms with Crippen LogP contribution in [-0.4, -0.2) is 19.6 Å². The second-order valence-electron chi connectivity index (χ2n) is 7.24. The van der Waals surface area contributed by atoms with E-state index < -0.39 is 0 Å². The normalized spacial score (nSPS) is 10.6. The fraction of sp³-hybridized carbons (Fsp3) is 0.160. The maximum Gasteiger partial charge on any atom is 0.254 e. The fourth-order valence-corrected chi connectivity index (χ4v) is 3.77. The lowest BCUT2D eigenvalue weighted by Crippen LogP contribution is -2.30. The number of benzene rings is 3. The molecule has 0 aliphatic rings. The molecule has 1 heterocycles. The van der Waals surface area contributed by atoms with Crippen LogP contribution < -0.4 is 4.74 Å². The molecule has 0 aliphatic carbocycles. The van der Waals surface area contributed by atoms with Gasteiger partial charge in [0, 0.05) is 18.7 Å². The van der Waals surface area contributed by atoms with Crippen molar-refractivity contribution in [2.24, 2.45) is 0 Å². The summed E-state index contributed by atoms with van der Waals surface area (Å²) in [6.45, 7) is 3.37. The topological polar surface area (TPSA) is 55.3 Å². The predicted octanol–water partition coefficient (Wildman–Crippen LogP) is 5.27. The van der Waals surface area contributed by atoms with E-state index in [0.717, 1.165) is 22.5 Å². The van der Waals surface area contributed by atoms with Crippen LogP contribution >= 0.6 is 11.7 Å². The van der Waals surface area contributed by atoms with Gasteiger partial charge >= 0.3 is 0 Å². The molecule has 6 heteroatoms. The zero-order chi connectivity index (χ0) is 21.5. The Morgan fingerprint density at radius 3 is 1.94 bits per heavy atom. The molecule has 4 rings (SSSR count). The number of aromatic nitrogens is 2. The zero-order valence-corrected chi connectivity index (χ0v) is 18.1. The molecule has 0 bridgehead atoms. The van der Waals surface area contributed by atoms with E-state index in [2.05, 4.69) is 8.75 Å². The molecule has 156 valence electrons. The van der Waals surface area contributed by atoms with E-state index >= 15 is 0 Å². The van der Waals surface area contributed by atoms with Crippen LogP contribution in [0, 0.1) is 6.92 Å². The highest BCUT2D eigenvalue weighted by Gasteiger charge is 2.17. The molecule has 0 saturated heterocycles. The Hall–Kier alpha value is -3.51. The number of carbonyl (C=O) groups excluding carboxylic acids is 1. The fourth-order valence-electron chi connectivity index (χ4n) is 3.22. The van der Waals surface area contributed by atoms with Gasteiger partial charge in [-0.2, -0.15) is 8.75 Å². The number of hydrogen-bond acceptors (Lipinski definition) is 5. The number of carbonyl (C=O) groups is 1. The summed E-state index contributed by atoms with van der Waals surface area (Å²) in [5.41, 5.74) is 4.54. The maximum atomic E-state index is 13.3. The summed E-state index contributed by atoms with van der Waals surface area (Å²) in [7, 11) is 0. The second-order valence-corrected chi connectivity index (χ2v) is 7.77. The average molecular weight is 430 g/mol. The van der Waals surface area contributed by atoms with Crippen molar-refractivity contribution in [1.29, 1.82) is 0 Å². The van der Waals surface area contributed by atoms with Gasteiger partial charge in [0.25, 0.3) is 5.91 Å². The molecular weight excluding hydrogens is 406 g/mol. The highest BCUT2D eigenvalue weighted by atomic mass is 32.1. The molecule has 31 heavy (non-hydrogen) atoms. The smallest absolute Gasteiger partial charge is 0.254 e. The van der Waals surface area contributed by atoms with Gasteiger partial charge in [-0.3, -0.25) is 4.79 Å². The van der Waals surface area contributed by atoms with Crippen molar-refractivity contribution in [3.63, 3.8) is 0 Å². The summed E-state index contributed by atoms with van der Waals surface area (Å²) in [6.07, 6.45) is 0. The first-order valence-corrected chi connectivity index (χ1v) is 10.8. The van der Waals surface area contributed by atoms with Crippen LogP contribution in [-0.2, 0) is 19.7 Å². The first-order valence-electron chi connectivity index (χ1n) is 10.1. The molecule has 0 fully saturated rings. The number of ether oxygens (including phenoxy) is 1. The third-order valence-electron chi connectivity index (χ3n) is 4.94. The summed E-state index contributed by atoms with van der Waals surface area (Å²) < 4.78 is 14.2. The monoisotopic (exact) mass is 429 g/mol. The molecule has 0 saturated carbocycles. The summed E-state index contributed by atoms with van der Waals surface area (Å²) in [5, 5.41) is 0. The van der Waals surface area contributed by atoms with E-state index in [9.17, 15) is 4.79 Å². The summed E-state index contributed by atoms with van der Waals surface area (Å²) in [5.74, 6) is 0.681. The molecule has 5 nitrogen and oxygen atoms in total. The molecule has 0 aliphatic heterocycles. The van der Waals surface area contributed by atoms with Gasteiger partial charge in [-0.1, -0.05) is 60.7 Å². The van der Waals surface area contributed by atoms with Crippen LogP contribution in [0.15, 0.2) is 84.9 Å². The van der Waals surface area contributed by atoms with Crippen molar-refractivity contribution < 1.29 is 9.53 Å². The second kappa shape index (κ2) is 10.00.